The van der Waals surface area contributed by atoms with E-state index in [0.717, 1.165) is 15.4 Å². The zero-order valence-corrected chi connectivity index (χ0v) is 23.1. The van der Waals surface area contributed by atoms with Crippen LogP contribution in [-0.2, 0) is 14.8 Å². The van der Waals surface area contributed by atoms with Crippen molar-refractivity contribution in [1.82, 2.24) is 5.43 Å². The van der Waals surface area contributed by atoms with Gasteiger partial charge in [-0.05, 0) is 92.1 Å². The smallest absolute Gasteiger partial charge is 0.264 e. The second-order valence-electron chi connectivity index (χ2n) is 8.27. The van der Waals surface area contributed by atoms with E-state index in [9.17, 15) is 13.2 Å². The standard InChI is InChI=1S/C28H30ClN3O5S/c1-5-15-37-26-14-8-22(17-27(26)36-6-2)18-30-31-28(33)19-32(24-11-7-20(3)21(4)16-24)38(34,35)25-12-9-23(29)10-13-25/h5,7-14,16-18H,1,6,15,19H2,2-4H3,(H,31,33)/b30-18-. The zero-order valence-electron chi connectivity index (χ0n) is 21.5. The Bertz CT molecular complexity index is 1420. The fourth-order valence-corrected chi connectivity index (χ4v) is 4.95. The summed E-state index contributed by atoms with van der Waals surface area (Å²) in [5, 5.41) is 4.41. The molecular weight excluding hydrogens is 526 g/mol. The molecule has 0 spiro atoms. The molecule has 1 amide bonds. The molecule has 0 saturated heterocycles. The summed E-state index contributed by atoms with van der Waals surface area (Å²) >= 11 is 5.94. The predicted molar refractivity (Wildman–Crippen MR) is 151 cm³/mol. The molecule has 38 heavy (non-hydrogen) atoms. The SMILES string of the molecule is C=CCOc1ccc(/C=N\NC(=O)CN(c2ccc(C)c(C)c2)S(=O)(=O)c2ccc(Cl)cc2)cc1OCC. The number of carbonyl (C=O) groups is 1. The van der Waals surface area contributed by atoms with Crippen LogP contribution in [0.15, 0.2) is 83.3 Å². The van der Waals surface area contributed by atoms with Gasteiger partial charge in [0.15, 0.2) is 11.5 Å². The lowest BCUT2D eigenvalue weighted by atomic mass is 10.1. The normalized spacial score (nSPS) is 11.3. The molecule has 3 rings (SSSR count). The van der Waals surface area contributed by atoms with Crippen LogP contribution in [0.2, 0.25) is 5.02 Å². The molecule has 0 saturated carbocycles. The molecule has 0 bridgehead atoms. The van der Waals surface area contributed by atoms with Gasteiger partial charge in [0.1, 0.15) is 13.2 Å². The van der Waals surface area contributed by atoms with E-state index in [4.69, 9.17) is 21.1 Å². The number of rotatable bonds is 12. The maximum Gasteiger partial charge on any atom is 0.264 e. The van der Waals surface area contributed by atoms with Crippen LogP contribution in [0.4, 0.5) is 5.69 Å². The highest BCUT2D eigenvalue weighted by molar-refractivity contribution is 7.92. The fraction of sp³-hybridized carbons (Fsp3) is 0.214. The lowest BCUT2D eigenvalue weighted by Crippen LogP contribution is -2.39. The number of aryl methyl sites for hydroxylation is 2. The third-order valence-corrected chi connectivity index (χ3v) is 7.53. The lowest BCUT2D eigenvalue weighted by Gasteiger charge is -2.24. The second kappa shape index (κ2) is 13.1. The molecule has 1 N–H and O–H groups in total. The van der Waals surface area contributed by atoms with Crippen molar-refractivity contribution in [3.05, 3.63) is 95.0 Å². The molecule has 0 fully saturated rings. The van der Waals surface area contributed by atoms with Crippen molar-refractivity contribution in [2.45, 2.75) is 25.7 Å². The van der Waals surface area contributed by atoms with Crippen LogP contribution in [0.25, 0.3) is 0 Å². The number of ether oxygens (including phenoxy) is 2. The summed E-state index contributed by atoms with van der Waals surface area (Å²) in [6, 6.07) is 16.2. The van der Waals surface area contributed by atoms with E-state index < -0.39 is 22.5 Å². The van der Waals surface area contributed by atoms with Crippen molar-refractivity contribution < 1.29 is 22.7 Å². The molecular formula is C28H30ClN3O5S. The van der Waals surface area contributed by atoms with Crippen molar-refractivity contribution in [2.24, 2.45) is 5.10 Å². The van der Waals surface area contributed by atoms with Crippen LogP contribution in [0, 0.1) is 13.8 Å². The van der Waals surface area contributed by atoms with Gasteiger partial charge in [0.05, 0.1) is 23.4 Å². The van der Waals surface area contributed by atoms with Crippen LogP contribution in [0.5, 0.6) is 11.5 Å². The largest absolute Gasteiger partial charge is 0.490 e. The molecule has 10 heteroatoms. The highest BCUT2D eigenvalue weighted by Gasteiger charge is 2.27. The molecule has 0 aliphatic carbocycles. The van der Waals surface area contributed by atoms with E-state index in [-0.39, 0.29) is 4.90 Å². The Morgan fingerprint density at radius 1 is 1.03 bits per heavy atom. The number of halogens is 1. The first-order chi connectivity index (χ1) is 18.1. The Morgan fingerprint density at radius 2 is 1.76 bits per heavy atom. The van der Waals surface area contributed by atoms with Gasteiger partial charge in [-0.2, -0.15) is 5.10 Å². The average Bonchev–Trinajstić information content (AvgIpc) is 2.89. The van der Waals surface area contributed by atoms with Crippen molar-refractivity contribution in [2.75, 3.05) is 24.1 Å². The third-order valence-electron chi connectivity index (χ3n) is 5.49. The minimum absolute atomic E-state index is 0.0126. The van der Waals surface area contributed by atoms with Crippen LogP contribution in [0.1, 0.15) is 23.6 Å². The zero-order chi connectivity index (χ0) is 27.7. The molecule has 3 aromatic carbocycles. The number of hydrogen-bond donors (Lipinski definition) is 1. The predicted octanol–water partition coefficient (Wildman–Crippen LogP) is 5.27. The Kier molecular flexibility index (Phi) is 9.92. The van der Waals surface area contributed by atoms with E-state index in [1.165, 1.54) is 30.5 Å². The molecule has 200 valence electrons. The number of carbonyl (C=O) groups excluding carboxylic acids is 1. The molecule has 0 unspecified atom stereocenters. The Hall–Kier alpha value is -3.82. The van der Waals surface area contributed by atoms with Gasteiger partial charge in [-0.25, -0.2) is 13.8 Å². The van der Waals surface area contributed by atoms with Gasteiger partial charge in [0.25, 0.3) is 15.9 Å². The van der Waals surface area contributed by atoms with Crippen LogP contribution in [0.3, 0.4) is 0 Å². The van der Waals surface area contributed by atoms with E-state index in [0.29, 0.717) is 41.0 Å². The number of hydrazone groups is 1. The number of anilines is 1. The number of nitrogens with zero attached hydrogens (tertiary/aromatic N) is 2. The number of hydrogen-bond acceptors (Lipinski definition) is 6. The van der Waals surface area contributed by atoms with Gasteiger partial charge in [0.2, 0.25) is 0 Å². The summed E-state index contributed by atoms with van der Waals surface area (Å²) < 4.78 is 39.3. The summed E-state index contributed by atoms with van der Waals surface area (Å²) in [5.41, 5.74) is 5.31. The van der Waals surface area contributed by atoms with E-state index in [2.05, 4.69) is 17.1 Å². The molecule has 3 aromatic rings. The molecule has 0 aliphatic heterocycles. The lowest BCUT2D eigenvalue weighted by molar-refractivity contribution is -0.119. The van der Waals surface area contributed by atoms with Crippen molar-refractivity contribution in [3.63, 3.8) is 0 Å². The third kappa shape index (κ3) is 7.36. The number of nitrogens with one attached hydrogen (secondary N) is 1. The van der Waals surface area contributed by atoms with Gasteiger partial charge in [-0.3, -0.25) is 9.10 Å². The van der Waals surface area contributed by atoms with Gasteiger partial charge in [0, 0.05) is 5.02 Å². The van der Waals surface area contributed by atoms with E-state index >= 15 is 0 Å². The van der Waals surface area contributed by atoms with Crippen LogP contribution < -0.4 is 19.2 Å². The quantitative estimate of drug-likeness (QED) is 0.187. The maximum atomic E-state index is 13.5. The molecule has 0 heterocycles. The molecule has 8 nitrogen and oxygen atoms in total. The highest BCUT2D eigenvalue weighted by Crippen LogP contribution is 2.28. The second-order valence-corrected chi connectivity index (χ2v) is 10.6. The Morgan fingerprint density at radius 3 is 2.42 bits per heavy atom. The van der Waals surface area contributed by atoms with Gasteiger partial charge < -0.3 is 9.47 Å². The Labute approximate surface area is 228 Å². The summed E-state index contributed by atoms with van der Waals surface area (Å²) in [6.45, 7) is 9.59. The first-order valence-electron chi connectivity index (χ1n) is 11.8. The summed E-state index contributed by atoms with van der Waals surface area (Å²) in [6.07, 6.45) is 3.07. The van der Waals surface area contributed by atoms with Crippen LogP contribution in [-0.4, -0.2) is 40.3 Å². The summed E-state index contributed by atoms with van der Waals surface area (Å²) in [7, 11) is -4.07. The Balaban J connectivity index is 1.81. The summed E-state index contributed by atoms with van der Waals surface area (Å²) in [5.74, 6) is 0.469. The molecule has 0 aliphatic rings. The fourth-order valence-electron chi connectivity index (χ4n) is 3.42. The first-order valence-corrected chi connectivity index (χ1v) is 13.7. The maximum absolute atomic E-state index is 13.5. The monoisotopic (exact) mass is 555 g/mol. The van der Waals surface area contributed by atoms with Crippen molar-refractivity contribution in [3.8, 4) is 11.5 Å². The number of sulfonamides is 1. The average molecular weight is 556 g/mol. The minimum atomic E-state index is -4.07. The van der Waals surface area contributed by atoms with Crippen LogP contribution >= 0.6 is 11.6 Å². The van der Waals surface area contributed by atoms with E-state index in [1.54, 1.807) is 36.4 Å². The van der Waals surface area contributed by atoms with Gasteiger partial charge >= 0.3 is 0 Å². The molecule has 0 radical (unpaired) electrons. The minimum Gasteiger partial charge on any atom is -0.490 e. The molecule has 0 atom stereocenters. The van der Waals surface area contributed by atoms with Crippen molar-refractivity contribution >= 4 is 39.4 Å². The highest BCUT2D eigenvalue weighted by atomic mass is 35.5. The number of amides is 1. The topological polar surface area (TPSA) is 97.3 Å². The van der Waals surface area contributed by atoms with Gasteiger partial charge in [-0.1, -0.05) is 30.3 Å². The molecule has 0 aromatic heterocycles. The summed E-state index contributed by atoms with van der Waals surface area (Å²) in [4.78, 5) is 12.8. The van der Waals surface area contributed by atoms with E-state index in [1.807, 2.05) is 26.8 Å². The number of benzene rings is 3. The first kappa shape index (κ1) is 28.7. The van der Waals surface area contributed by atoms with Gasteiger partial charge in [-0.15, -0.1) is 0 Å². The van der Waals surface area contributed by atoms with Crippen molar-refractivity contribution in [1.29, 1.82) is 0 Å².